The fourth-order valence-corrected chi connectivity index (χ4v) is 12.1. The average molecular weight is 871 g/mol. The second kappa shape index (κ2) is 15.1. The van der Waals surface area contributed by atoms with Crippen LogP contribution in [0.1, 0.15) is 84.4 Å². The number of rotatable bonds is 7. The minimum atomic E-state index is -0.173. The van der Waals surface area contributed by atoms with Crippen LogP contribution >= 0.6 is 0 Å². The normalized spacial score (nSPS) is 17.0. The topological polar surface area (TPSA) is 32.8 Å². The molecular formula is C63H54N2O2. The molecule has 0 radical (unpaired) electrons. The van der Waals surface area contributed by atoms with Gasteiger partial charge in [-0.15, -0.1) is 0 Å². The smallest absolute Gasteiger partial charge is 0.159 e. The lowest BCUT2D eigenvalue weighted by atomic mass is 9.64. The lowest BCUT2D eigenvalue weighted by Gasteiger charge is -2.41. The SMILES string of the molecule is Cc1ccc(N(c2cc(N(c3ccc(C)c(C)c3)c3cccc4c3oc3ccccc34)c3ccc4c5c3c2C=CC5(C)CC(C2CCCCC2)=C4)c2cccc3c2oc2ccccc23)cc1C. The van der Waals surface area contributed by atoms with E-state index in [1.807, 2.05) is 0 Å². The van der Waals surface area contributed by atoms with Crippen LogP contribution in [-0.4, -0.2) is 0 Å². The fourth-order valence-electron chi connectivity index (χ4n) is 12.1. The minimum Gasteiger partial charge on any atom is -0.454 e. The van der Waals surface area contributed by atoms with Gasteiger partial charge in [-0.1, -0.05) is 135 Å². The molecule has 3 aliphatic rings. The second-order valence-corrected chi connectivity index (χ2v) is 20.0. The summed E-state index contributed by atoms with van der Waals surface area (Å²) in [5, 5.41) is 6.97. The Bertz CT molecular complexity index is 3740. The predicted molar refractivity (Wildman–Crippen MR) is 282 cm³/mol. The monoisotopic (exact) mass is 870 g/mol. The Balaban J connectivity index is 1.18. The first-order chi connectivity index (χ1) is 32.7. The number of nitrogens with zero attached hydrogens (tertiary/aromatic N) is 2. The largest absolute Gasteiger partial charge is 0.454 e. The molecule has 0 spiro atoms. The number of furan rings is 2. The Hall–Kier alpha value is -7.30. The molecule has 1 unspecified atom stereocenters. The fraction of sp³-hybridized carbons (Fsp3) is 0.206. The Morgan fingerprint density at radius 3 is 1.67 bits per heavy atom. The lowest BCUT2D eigenvalue weighted by Crippen LogP contribution is -2.29. The van der Waals surface area contributed by atoms with Crippen molar-refractivity contribution < 1.29 is 8.83 Å². The maximum atomic E-state index is 6.94. The van der Waals surface area contributed by atoms with E-state index < -0.39 is 0 Å². The van der Waals surface area contributed by atoms with E-state index in [0.717, 1.165) is 84.4 Å². The summed E-state index contributed by atoms with van der Waals surface area (Å²) < 4.78 is 13.9. The van der Waals surface area contributed by atoms with Gasteiger partial charge in [0.2, 0.25) is 0 Å². The maximum absolute atomic E-state index is 6.94. The van der Waals surface area contributed by atoms with E-state index in [9.17, 15) is 0 Å². The zero-order chi connectivity index (χ0) is 45.1. The van der Waals surface area contributed by atoms with E-state index in [1.165, 1.54) is 81.8 Å². The van der Waals surface area contributed by atoms with E-state index in [0.29, 0.717) is 5.92 Å². The van der Waals surface area contributed by atoms with Crippen LogP contribution in [0.5, 0.6) is 0 Å². The second-order valence-electron chi connectivity index (χ2n) is 20.0. The van der Waals surface area contributed by atoms with E-state index in [4.69, 9.17) is 8.83 Å². The third-order valence-corrected chi connectivity index (χ3v) is 15.8. The summed E-state index contributed by atoms with van der Waals surface area (Å²) in [5.41, 5.74) is 20.3. The van der Waals surface area contributed by atoms with Crippen LogP contribution < -0.4 is 9.80 Å². The Kier molecular flexibility index (Phi) is 9.03. The van der Waals surface area contributed by atoms with Gasteiger partial charge >= 0.3 is 0 Å². The molecule has 0 saturated heterocycles. The zero-order valence-electron chi connectivity index (χ0n) is 39.0. The molecule has 0 aliphatic heterocycles. The van der Waals surface area contributed by atoms with Gasteiger partial charge in [0.25, 0.3) is 0 Å². The van der Waals surface area contributed by atoms with Crippen LogP contribution in [0.3, 0.4) is 0 Å². The highest BCUT2D eigenvalue weighted by Crippen LogP contribution is 2.57. The van der Waals surface area contributed by atoms with Crippen molar-refractivity contribution in [1.82, 2.24) is 0 Å². The summed E-state index contributed by atoms with van der Waals surface area (Å²) in [5.74, 6) is 0.653. The maximum Gasteiger partial charge on any atom is 0.159 e. The summed E-state index contributed by atoms with van der Waals surface area (Å²) >= 11 is 0. The number of hydrogen-bond donors (Lipinski definition) is 0. The third-order valence-electron chi connectivity index (χ3n) is 15.8. The van der Waals surface area contributed by atoms with Gasteiger partial charge in [0.1, 0.15) is 11.2 Å². The van der Waals surface area contributed by atoms with Gasteiger partial charge in [0.15, 0.2) is 11.2 Å². The lowest BCUT2D eigenvalue weighted by molar-refractivity contribution is 0.382. The van der Waals surface area contributed by atoms with Gasteiger partial charge in [-0.25, -0.2) is 0 Å². The first-order valence-corrected chi connectivity index (χ1v) is 24.3. The highest BCUT2D eigenvalue weighted by Gasteiger charge is 2.39. The van der Waals surface area contributed by atoms with E-state index in [1.54, 1.807) is 5.57 Å². The molecule has 8 aromatic carbocycles. The molecule has 1 atom stereocenters. The molecule has 67 heavy (non-hydrogen) atoms. The molecule has 2 aromatic heterocycles. The van der Waals surface area contributed by atoms with Crippen LogP contribution in [0.2, 0.25) is 0 Å². The number of para-hydroxylation sites is 4. The van der Waals surface area contributed by atoms with Crippen molar-refractivity contribution in [2.45, 2.75) is 78.6 Å². The van der Waals surface area contributed by atoms with Crippen molar-refractivity contribution in [3.63, 3.8) is 0 Å². The van der Waals surface area contributed by atoms with Gasteiger partial charge in [-0.2, -0.15) is 0 Å². The molecule has 2 heterocycles. The van der Waals surface area contributed by atoms with Crippen LogP contribution in [0.15, 0.2) is 160 Å². The van der Waals surface area contributed by atoms with Gasteiger partial charge in [-0.3, -0.25) is 0 Å². The summed E-state index contributed by atoms with van der Waals surface area (Å²) in [4.78, 5) is 4.96. The standard InChI is InChI=1S/C63H54N2O2/c1-38-25-28-45(33-40(38)3)64(53-21-13-19-49-47-17-9-11-23-57(47)66-61(49)53)55-36-56(52-31-32-63(5)37-44(42-15-7-6-8-16-42)35-43-27-30-51(55)59(52)60(43)63)65(46-29-26-39(2)41(4)34-46)54-22-14-20-50-48-18-10-12-24-58(48)67-62(50)54/h9-14,17-36,42H,6-8,15-16,37H2,1-5H3. The van der Waals surface area contributed by atoms with Crippen molar-refractivity contribution in [2.75, 3.05) is 9.80 Å². The number of allylic oxidation sites excluding steroid dienone is 2. The molecule has 1 saturated carbocycles. The first-order valence-electron chi connectivity index (χ1n) is 24.3. The third kappa shape index (κ3) is 6.18. The average Bonchev–Trinajstić information content (AvgIpc) is 3.93. The molecule has 3 aliphatic carbocycles. The summed E-state index contributed by atoms with van der Waals surface area (Å²) in [6.07, 6.45) is 15.2. The molecule has 13 rings (SSSR count). The molecule has 4 heteroatoms. The van der Waals surface area contributed by atoms with Crippen LogP contribution in [0, 0.1) is 33.6 Å². The number of aryl methyl sites for hydroxylation is 4. The van der Waals surface area contributed by atoms with Crippen molar-refractivity contribution in [3.05, 3.63) is 190 Å². The molecule has 0 N–H and O–H groups in total. The Morgan fingerprint density at radius 1 is 0.507 bits per heavy atom. The predicted octanol–water partition coefficient (Wildman–Crippen LogP) is 18.5. The van der Waals surface area contributed by atoms with E-state index >= 15 is 0 Å². The van der Waals surface area contributed by atoms with Crippen molar-refractivity contribution >= 4 is 101 Å². The van der Waals surface area contributed by atoms with Crippen LogP contribution in [0.4, 0.5) is 34.1 Å². The van der Waals surface area contributed by atoms with Gasteiger partial charge in [0.05, 0.1) is 22.7 Å². The molecule has 10 aromatic rings. The van der Waals surface area contributed by atoms with Gasteiger partial charge in [-0.05, 0) is 146 Å². The first kappa shape index (κ1) is 40.0. The molecule has 1 fully saturated rings. The van der Waals surface area contributed by atoms with Crippen LogP contribution in [0.25, 0.3) is 66.8 Å². The number of fused-ring (bicyclic) bond motifs is 6. The zero-order valence-corrected chi connectivity index (χ0v) is 39.0. The minimum absolute atomic E-state index is 0.173. The molecule has 328 valence electrons. The quantitative estimate of drug-likeness (QED) is 0.160. The number of anilines is 6. The highest BCUT2D eigenvalue weighted by atomic mass is 16.3. The van der Waals surface area contributed by atoms with Gasteiger partial charge in [0, 0.05) is 49.3 Å². The Labute approximate surface area is 392 Å². The van der Waals surface area contributed by atoms with Crippen molar-refractivity contribution in [3.8, 4) is 0 Å². The number of hydrogen-bond acceptors (Lipinski definition) is 4. The van der Waals surface area contributed by atoms with Gasteiger partial charge < -0.3 is 18.6 Å². The molecule has 4 nitrogen and oxygen atoms in total. The van der Waals surface area contributed by atoms with Crippen molar-refractivity contribution in [1.29, 1.82) is 0 Å². The summed E-state index contributed by atoms with van der Waals surface area (Å²) in [7, 11) is 0. The summed E-state index contributed by atoms with van der Waals surface area (Å²) in [6, 6.07) is 51.2. The summed E-state index contributed by atoms with van der Waals surface area (Å²) in [6.45, 7) is 11.3. The van der Waals surface area contributed by atoms with E-state index in [2.05, 4.69) is 202 Å². The number of benzene rings is 8. The highest BCUT2D eigenvalue weighted by molar-refractivity contribution is 6.17. The molecule has 0 amide bonds. The van der Waals surface area contributed by atoms with Crippen LogP contribution in [-0.2, 0) is 5.41 Å². The van der Waals surface area contributed by atoms with E-state index in [-0.39, 0.29) is 5.41 Å². The van der Waals surface area contributed by atoms with Crippen molar-refractivity contribution in [2.24, 2.45) is 5.92 Å². The Morgan fingerprint density at radius 2 is 1.07 bits per heavy atom. The molecule has 0 bridgehead atoms. The molecular weight excluding hydrogens is 817 g/mol.